The molecule has 108 valence electrons. The summed E-state index contributed by atoms with van der Waals surface area (Å²) in [7, 11) is 0. The lowest BCUT2D eigenvalue weighted by Gasteiger charge is -1.98. The highest BCUT2D eigenvalue weighted by molar-refractivity contribution is 5.87. The fourth-order valence-electron chi connectivity index (χ4n) is 2.05. The van der Waals surface area contributed by atoms with Crippen LogP contribution >= 0.6 is 0 Å². The van der Waals surface area contributed by atoms with Crippen molar-refractivity contribution >= 4 is 12.0 Å². The van der Waals surface area contributed by atoms with E-state index in [0.29, 0.717) is 12.5 Å². The lowest BCUT2D eigenvalue weighted by molar-refractivity contribution is -0.137. The topological polar surface area (TPSA) is 52.3 Å². The van der Waals surface area contributed by atoms with Gasteiger partial charge in [0.1, 0.15) is 0 Å². The summed E-state index contributed by atoms with van der Waals surface area (Å²) >= 11 is 0. The van der Waals surface area contributed by atoms with E-state index in [1.54, 1.807) is 19.2 Å². The summed E-state index contributed by atoms with van der Waals surface area (Å²) in [6, 6.07) is 7.79. The quantitative estimate of drug-likeness (QED) is 0.618. The van der Waals surface area contributed by atoms with Gasteiger partial charge >= 0.3 is 5.97 Å². The SMILES string of the molecule is CCOC(=O)/C=C/c1ccc(-c2cnc(C3CC3)o2)cc1. The lowest BCUT2D eigenvalue weighted by atomic mass is 10.1. The zero-order valence-electron chi connectivity index (χ0n) is 11.9. The van der Waals surface area contributed by atoms with E-state index in [2.05, 4.69) is 4.98 Å². The number of nitrogens with zero attached hydrogens (tertiary/aromatic N) is 1. The van der Waals surface area contributed by atoms with Crippen molar-refractivity contribution in [3.05, 3.63) is 48.0 Å². The first-order valence-electron chi connectivity index (χ1n) is 7.17. The lowest BCUT2D eigenvalue weighted by Crippen LogP contribution is -1.98. The number of carbonyl (C=O) groups is 1. The first-order valence-corrected chi connectivity index (χ1v) is 7.17. The van der Waals surface area contributed by atoms with Crippen LogP contribution in [0.4, 0.5) is 0 Å². The largest absolute Gasteiger partial charge is 0.463 e. The maximum Gasteiger partial charge on any atom is 0.330 e. The van der Waals surface area contributed by atoms with Crippen LogP contribution in [0.25, 0.3) is 17.4 Å². The second-order valence-corrected chi connectivity index (χ2v) is 5.04. The number of carbonyl (C=O) groups excluding carboxylic acids is 1. The molecule has 3 rings (SSSR count). The van der Waals surface area contributed by atoms with Crippen LogP contribution in [0.1, 0.15) is 37.1 Å². The normalized spacial score (nSPS) is 14.5. The predicted molar refractivity (Wildman–Crippen MR) is 79.6 cm³/mol. The van der Waals surface area contributed by atoms with Crippen LogP contribution in [0.5, 0.6) is 0 Å². The Kier molecular flexibility index (Phi) is 3.86. The molecule has 0 spiro atoms. The van der Waals surface area contributed by atoms with Gasteiger partial charge in [-0.1, -0.05) is 24.3 Å². The third-order valence-corrected chi connectivity index (χ3v) is 3.34. The summed E-state index contributed by atoms with van der Waals surface area (Å²) in [6.07, 6.45) is 7.29. The van der Waals surface area contributed by atoms with E-state index in [0.717, 1.165) is 22.8 Å². The fourth-order valence-corrected chi connectivity index (χ4v) is 2.05. The van der Waals surface area contributed by atoms with E-state index in [-0.39, 0.29) is 5.97 Å². The molecular weight excluding hydrogens is 266 g/mol. The molecule has 0 aliphatic heterocycles. The van der Waals surface area contributed by atoms with Gasteiger partial charge in [0.25, 0.3) is 0 Å². The first-order chi connectivity index (χ1) is 10.3. The third-order valence-electron chi connectivity index (χ3n) is 3.34. The number of oxazole rings is 1. The van der Waals surface area contributed by atoms with E-state index >= 15 is 0 Å². The van der Waals surface area contributed by atoms with Gasteiger partial charge in [0.2, 0.25) is 0 Å². The molecule has 1 aromatic carbocycles. The van der Waals surface area contributed by atoms with Gasteiger partial charge in [-0.3, -0.25) is 0 Å². The molecule has 1 heterocycles. The minimum atomic E-state index is -0.328. The van der Waals surface area contributed by atoms with E-state index in [9.17, 15) is 4.79 Å². The monoisotopic (exact) mass is 283 g/mol. The number of hydrogen-bond acceptors (Lipinski definition) is 4. The van der Waals surface area contributed by atoms with Crippen molar-refractivity contribution < 1.29 is 13.9 Å². The molecule has 21 heavy (non-hydrogen) atoms. The molecule has 1 fully saturated rings. The Morgan fingerprint density at radius 2 is 2.14 bits per heavy atom. The molecular formula is C17H17NO3. The molecule has 4 nitrogen and oxygen atoms in total. The Morgan fingerprint density at radius 3 is 2.81 bits per heavy atom. The van der Waals surface area contributed by atoms with Crippen LogP contribution in [0.2, 0.25) is 0 Å². The summed E-state index contributed by atoms with van der Waals surface area (Å²) in [5.41, 5.74) is 1.93. The van der Waals surface area contributed by atoms with Crippen molar-refractivity contribution in [3.8, 4) is 11.3 Å². The van der Waals surface area contributed by atoms with Gasteiger partial charge < -0.3 is 9.15 Å². The smallest absolute Gasteiger partial charge is 0.330 e. The number of rotatable bonds is 5. The Bertz CT molecular complexity index is 651. The molecule has 4 heteroatoms. The second-order valence-electron chi connectivity index (χ2n) is 5.04. The number of benzene rings is 1. The summed E-state index contributed by atoms with van der Waals surface area (Å²) in [6.45, 7) is 2.17. The van der Waals surface area contributed by atoms with Gasteiger partial charge in [-0.05, 0) is 31.4 Å². The number of hydrogen-bond donors (Lipinski definition) is 0. The molecule has 2 aromatic rings. The van der Waals surface area contributed by atoms with Gasteiger partial charge in [-0.15, -0.1) is 0 Å². The van der Waals surface area contributed by atoms with Crippen LogP contribution in [0, 0.1) is 0 Å². The average molecular weight is 283 g/mol. The highest BCUT2D eigenvalue weighted by Gasteiger charge is 2.28. The van der Waals surface area contributed by atoms with Crippen molar-refractivity contribution in [2.45, 2.75) is 25.7 Å². The van der Waals surface area contributed by atoms with Crippen molar-refractivity contribution in [1.82, 2.24) is 4.98 Å². The van der Waals surface area contributed by atoms with Crippen molar-refractivity contribution in [2.24, 2.45) is 0 Å². The maximum atomic E-state index is 11.2. The Labute approximate surface area is 123 Å². The highest BCUT2D eigenvalue weighted by atomic mass is 16.5. The zero-order chi connectivity index (χ0) is 14.7. The Morgan fingerprint density at radius 1 is 1.38 bits per heavy atom. The van der Waals surface area contributed by atoms with E-state index in [1.165, 1.54) is 18.9 Å². The average Bonchev–Trinajstić information content (AvgIpc) is 3.24. The third kappa shape index (κ3) is 3.40. The van der Waals surface area contributed by atoms with Gasteiger partial charge in [-0.2, -0.15) is 0 Å². The van der Waals surface area contributed by atoms with Crippen LogP contribution in [-0.4, -0.2) is 17.6 Å². The molecule has 0 bridgehead atoms. The second kappa shape index (κ2) is 5.95. The van der Waals surface area contributed by atoms with Gasteiger partial charge in [-0.25, -0.2) is 9.78 Å². The minimum absolute atomic E-state index is 0.328. The molecule has 1 aliphatic rings. The maximum absolute atomic E-state index is 11.2. The highest BCUT2D eigenvalue weighted by Crippen LogP contribution is 2.40. The Balaban J connectivity index is 1.69. The van der Waals surface area contributed by atoms with E-state index in [1.807, 2.05) is 24.3 Å². The molecule has 0 saturated heterocycles. The fraction of sp³-hybridized carbons (Fsp3) is 0.294. The number of aromatic nitrogens is 1. The van der Waals surface area contributed by atoms with Crippen molar-refractivity contribution in [2.75, 3.05) is 6.61 Å². The van der Waals surface area contributed by atoms with Crippen LogP contribution in [0.15, 0.2) is 41.0 Å². The number of ether oxygens (including phenoxy) is 1. The first kappa shape index (κ1) is 13.6. The van der Waals surface area contributed by atoms with E-state index in [4.69, 9.17) is 9.15 Å². The van der Waals surface area contributed by atoms with Crippen LogP contribution < -0.4 is 0 Å². The van der Waals surface area contributed by atoms with Crippen LogP contribution in [0.3, 0.4) is 0 Å². The molecule has 0 N–H and O–H groups in total. The van der Waals surface area contributed by atoms with Crippen molar-refractivity contribution in [1.29, 1.82) is 0 Å². The van der Waals surface area contributed by atoms with Crippen molar-refractivity contribution in [3.63, 3.8) is 0 Å². The molecule has 1 saturated carbocycles. The molecule has 0 atom stereocenters. The summed E-state index contributed by atoms with van der Waals surface area (Å²) in [4.78, 5) is 15.6. The summed E-state index contributed by atoms with van der Waals surface area (Å²) < 4.78 is 10.6. The standard InChI is InChI=1S/C17H17NO3/c1-2-20-16(19)10-5-12-3-6-13(7-4-12)15-11-18-17(21-15)14-8-9-14/h3-7,10-11,14H,2,8-9H2,1H3/b10-5+. The molecule has 0 radical (unpaired) electrons. The Hall–Kier alpha value is -2.36. The predicted octanol–water partition coefficient (Wildman–Crippen LogP) is 3.80. The van der Waals surface area contributed by atoms with Gasteiger partial charge in [0.15, 0.2) is 11.7 Å². The van der Waals surface area contributed by atoms with Gasteiger partial charge in [0.05, 0.1) is 12.8 Å². The van der Waals surface area contributed by atoms with E-state index < -0.39 is 0 Å². The molecule has 0 unspecified atom stereocenters. The van der Waals surface area contributed by atoms with Crippen LogP contribution in [-0.2, 0) is 9.53 Å². The number of esters is 1. The zero-order valence-corrected chi connectivity index (χ0v) is 11.9. The summed E-state index contributed by atoms with van der Waals surface area (Å²) in [5, 5.41) is 0. The molecule has 0 amide bonds. The summed E-state index contributed by atoms with van der Waals surface area (Å²) in [5.74, 6) is 1.82. The van der Waals surface area contributed by atoms with Gasteiger partial charge in [0, 0.05) is 17.6 Å². The minimum Gasteiger partial charge on any atom is -0.463 e. The molecule has 1 aromatic heterocycles. The molecule has 1 aliphatic carbocycles.